The van der Waals surface area contributed by atoms with E-state index in [9.17, 15) is 0 Å². The molecule has 1 aromatic heterocycles. The van der Waals surface area contributed by atoms with Gasteiger partial charge in [-0.25, -0.2) is 0 Å². The Hall–Kier alpha value is 0.140. The number of hydrogen-bond acceptors (Lipinski definition) is 2. The Morgan fingerprint density at radius 1 is 1.24 bits per heavy atom. The van der Waals surface area contributed by atoms with Crippen LogP contribution in [0.15, 0.2) is 15.9 Å². The fraction of sp³-hybridized carbons (Fsp3) is 0.714. The average molecular weight is 316 g/mol. The zero-order valence-corrected chi connectivity index (χ0v) is 13.3. The van der Waals surface area contributed by atoms with Crippen LogP contribution in [0.25, 0.3) is 0 Å². The smallest absolute Gasteiger partial charge is 0.0701 e. The van der Waals surface area contributed by atoms with E-state index >= 15 is 0 Å². The lowest BCUT2D eigenvalue weighted by atomic mass is 9.80. The van der Waals surface area contributed by atoms with E-state index in [-0.39, 0.29) is 0 Å². The molecule has 1 nitrogen and oxygen atoms in total. The van der Waals surface area contributed by atoms with E-state index in [0.717, 1.165) is 11.8 Å². The van der Waals surface area contributed by atoms with Gasteiger partial charge in [0, 0.05) is 17.0 Å². The topological polar surface area (TPSA) is 12.0 Å². The number of nitrogens with one attached hydrogen (secondary N) is 1. The summed E-state index contributed by atoms with van der Waals surface area (Å²) < 4.78 is 1.23. The molecule has 3 unspecified atom stereocenters. The Morgan fingerprint density at radius 3 is 2.41 bits per heavy atom. The third kappa shape index (κ3) is 3.80. The molecule has 1 heterocycles. The van der Waals surface area contributed by atoms with Gasteiger partial charge in [0.1, 0.15) is 0 Å². The Bertz CT molecular complexity index is 353. The minimum atomic E-state index is 0.480. The van der Waals surface area contributed by atoms with Crippen molar-refractivity contribution in [3.05, 3.63) is 20.8 Å². The van der Waals surface area contributed by atoms with Gasteiger partial charge in [-0.15, -0.1) is 11.3 Å². The molecule has 1 aliphatic carbocycles. The van der Waals surface area contributed by atoms with Crippen LogP contribution in [0.5, 0.6) is 0 Å². The van der Waals surface area contributed by atoms with Gasteiger partial charge in [-0.2, -0.15) is 0 Å². The highest BCUT2D eigenvalue weighted by Gasteiger charge is 2.25. The van der Waals surface area contributed by atoms with Crippen molar-refractivity contribution >= 4 is 27.3 Å². The fourth-order valence-electron chi connectivity index (χ4n) is 3.08. The molecule has 1 fully saturated rings. The summed E-state index contributed by atoms with van der Waals surface area (Å²) >= 11 is 5.38. The van der Waals surface area contributed by atoms with Crippen molar-refractivity contribution < 1.29 is 0 Å². The van der Waals surface area contributed by atoms with Crippen LogP contribution in [-0.2, 0) is 0 Å². The maximum Gasteiger partial charge on any atom is 0.0701 e. The molecule has 0 radical (unpaired) electrons. The molecule has 1 N–H and O–H groups in total. The third-order valence-electron chi connectivity index (χ3n) is 3.68. The van der Waals surface area contributed by atoms with Gasteiger partial charge in [-0.1, -0.05) is 13.8 Å². The first-order valence-corrected chi connectivity index (χ1v) is 8.16. The second-order valence-corrected chi connectivity index (χ2v) is 8.14. The minimum Gasteiger partial charge on any atom is -0.307 e. The zero-order chi connectivity index (χ0) is 12.4. The van der Waals surface area contributed by atoms with Crippen LogP contribution in [-0.4, -0.2) is 6.04 Å². The first kappa shape index (κ1) is 13.6. The SMILES string of the molecule is CC1CC(C)CC(NC(C)c2ccc(Br)s2)C1. The van der Waals surface area contributed by atoms with Crippen molar-refractivity contribution in [1.82, 2.24) is 5.32 Å². The molecule has 1 aliphatic rings. The van der Waals surface area contributed by atoms with Crippen molar-refractivity contribution in [3.63, 3.8) is 0 Å². The average Bonchev–Trinajstić information content (AvgIpc) is 2.63. The number of halogens is 1. The van der Waals surface area contributed by atoms with Crippen molar-refractivity contribution in [2.75, 3.05) is 0 Å². The molecule has 0 spiro atoms. The van der Waals surface area contributed by atoms with Gasteiger partial charge in [0.25, 0.3) is 0 Å². The first-order valence-electron chi connectivity index (χ1n) is 6.56. The molecule has 0 aromatic carbocycles. The lowest BCUT2D eigenvalue weighted by molar-refractivity contribution is 0.229. The number of rotatable bonds is 3. The summed E-state index contributed by atoms with van der Waals surface area (Å²) in [5.74, 6) is 1.75. The lowest BCUT2D eigenvalue weighted by Gasteiger charge is -2.33. The van der Waals surface area contributed by atoms with Crippen LogP contribution in [0.4, 0.5) is 0 Å². The highest BCUT2D eigenvalue weighted by Crippen LogP contribution is 2.32. The number of thiophene rings is 1. The highest BCUT2D eigenvalue weighted by atomic mass is 79.9. The molecule has 0 amide bonds. The molecule has 1 saturated carbocycles. The van der Waals surface area contributed by atoms with Gasteiger partial charge in [0.15, 0.2) is 0 Å². The van der Waals surface area contributed by atoms with Crippen LogP contribution >= 0.6 is 27.3 Å². The van der Waals surface area contributed by atoms with Gasteiger partial charge >= 0.3 is 0 Å². The summed E-state index contributed by atoms with van der Waals surface area (Å²) in [5.41, 5.74) is 0. The Balaban J connectivity index is 1.92. The van der Waals surface area contributed by atoms with Crippen molar-refractivity contribution in [2.24, 2.45) is 11.8 Å². The van der Waals surface area contributed by atoms with E-state index in [1.165, 1.54) is 27.9 Å². The normalized spacial score (nSPS) is 31.4. The minimum absolute atomic E-state index is 0.480. The van der Waals surface area contributed by atoms with Gasteiger partial charge in [0.2, 0.25) is 0 Å². The fourth-order valence-corrected chi connectivity index (χ4v) is 4.51. The molecular formula is C14H22BrNS. The molecule has 96 valence electrons. The summed E-state index contributed by atoms with van der Waals surface area (Å²) in [6.45, 7) is 7.05. The molecule has 0 aliphatic heterocycles. The standard InChI is InChI=1S/C14H22BrNS/c1-9-6-10(2)8-12(7-9)16-11(3)13-4-5-14(15)17-13/h4-5,9-12,16H,6-8H2,1-3H3. The van der Waals surface area contributed by atoms with Crippen LogP contribution < -0.4 is 5.32 Å². The summed E-state index contributed by atoms with van der Waals surface area (Å²) in [6.07, 6.45) is 4.07. The molecule has 3 atom stereocenters. The second-order valence-electron chi connectivity index (χ2n) is 5.64. The molecule has 0 bridgehead atoms. The maximum absolute atomic E-state index is 3.80. The predicted octanol–water partition coefficient (Wildman–Crippen LogP) is 4.99. The zero-order valence-electron chi connectivity index (χ0n) is 10.9. The Labute approximate surface area is 117 Å². The highest BCUT2D eigenvalue weighted by molar-refractivity contribution is 9.11. The predicted molar refractivity (Wildman–Crippen MR) is 79.5 cm³/mol. The molecule has 2 rings (SSSR count). The van der Waals surface area contributed by atoms with E-state index in [1.807, 2.05) is 11.3 Å². The van der Waals surface area contributed by atoms with E-state index in [0.29, 0.717) is 12.1 Å². The molecule has 0 saturated heterocycles. The largest absolute Gasteiger partial charge is 0.307 e. The van der Waals surface area contributed by atoms with Crippen molar-refractivity contribution in [2.45, 2.75) is 52.1 Å². The van der Waals surface area contributed by atoms with Gasteiger partial charge in [0.05, 0.1) is 3.79 Å². The molecular weight excluding hydrogens is 294 g/mol. The number of hydrogen-bond donors (Lipinski definition) is 1. The lowest BCUT2D eigenvalue weighted by Crippen LogP contribution is -2.37. The quantitative estimate of drug-likeness (QED) is 0.829. The Kier molecular flexibility index (Phi) is 4.67. The van der Waals surface area contributed by atoms with E-state index in [2.05, 4.69) is 54.2 Å². The van der Waals surface area contributed by atoms with Gasteiger partial charge < -0.3 is 5.32 Å². The van der Waals surface area contributed by atoms with Crippen LogP contribution in [0.1, 0.15) is 51.0 Å². The Morgan fingerprint density at radius 2 is 1.88 bits per heavy atom. The second kappa shape index (κ2) is 5.85. The third-order valence-corrected chi connectivity index (χ3v) is 5.49. The summed E-state index contributed by atoms with van der Waals surface area (Å²) in [4.78, 5) is 1.43. The van der Waals surface area contributed by atoms with E-state index in [1.54, 1.807) is 0 Å². The van der Waals surface area contributed by atoms with Crippen LogP contribution in [0.3, 0.4) is 0 Å². The van der Waals surface area contributed by atoms with Crippen molar-refractivity contribution in [1.29, 1.82) is 0 Å². The summed E-state index contributed by atoms with van der Waals surface area (Å²) in [6, 6.07) is 5.55. The maximum atomic E-state index is 3.80. The molecule has 1 aromatic rings. The van der Waals surface area contributed by atoms with E-state index in [4.69, 9.17) is 0 Å². The van der Waals surface area contributed by atoms with Crippen LogP contribution in [0.2, 0.25) is 0 Å². The summed E-state index contributed by atoms with van der Waals surface area (Å²) in [5, 5.41) is 3.80. The van der Waals surface area contributed by atoms with Crippen molar-refractivity contribution in [3.8, 4) is 0 Å². The van der Waals surface area contributed by atoms with Gasteiger partial charge in [-0.3, -0.25) is 0 Å². The van der Waals surface area contributed by atoms with E-state index < -0.39 is 0 Å². The van der Waals surface area contributed by atoms with Gasteiger partial charge in [-0.05, 0) is 66.1 Å². The summed E-state index contributed by atoms with van der Waals surface area (Å²) in [7, 11) is 0. The first-order chi connectivity index (χ1) is 8.04. The molecule has 17 heavy (non-hydrogen) atoms. The monoisotopic (exact) mass is 315 g/mol. The molecule has 3 heteroatoms. The van der Waals surface area contributed by atoms with Crippen LogP contribution in [0, 0.1) is 11.8 Å².